The van der Waals surface area contributed by atoms with Crippen LogP contribution in [-0.4, -0.2) is 60.0 Å². The van der Waals surface area contributed by atoms with Crippen molar-refractivity contribution in [2.24, 2.45) is 11.8 Å². The average Bonchev–Trinajstić information content (AvgIpc) is 3.25. The van der Waals surface area contributed by atoms with Crippen molar-refractivity contribution in [3.8, 4) is 0 Å². The molecule has 1 spiro atoms. The number of fused-ring (bicyclic) bond motifs is 4. The molecule has 29 heavy (non-hydrogen) atoms. The van der Waals surface area contributed by atoms with Crippen molar-refractivity contribution in [2.75, 3.05) is 25.6 Å². The minimum Gasteiger partial charge on any atom is -0.481 e. The predicted octanol–water partition coefficient (Wildman–Crippen LogP) is 0.572. The Kier molecular flexibility index (Phi) is 4.84. The standard InChI is InChI=1S/C19H20ClN3O6/c1-29-8-7-23-16(26)13-11(5-6-12(24)25)22-19(14(13)17(23)27)9-3-2-4-10(20)15(9)21-18(19)28/h2-4,11,13-14,22H,5-8H2,1H3,(H,21,28)(H,24,25)/t11?,13-,14+,19?/m1/s1. The number of rotatable bonds is 6. The fourth-order valence-electron chi connectivity index (χ4n) is 4.78. The maximum Gasteiger partial charge on any atom is 0.303 e. The average molecular weight is 422 g/mol. The Hall–Kier alpha value is -2.49. The monoisotopic (exact) mass is 421 g/mol. The Balaban J connectivity index is 1.81. The number of ether oxygens (including phenoxy) is 1. The van der Waals surface area contributed by atoms with Gasteiger partial charge in [0.15, 0.2) is 0 Å². The zero-order valence-electron chi connectivity index (χ0n) is 15.6. The number of anilines is 1. The van der Waals surface area contributed by atoms with Gasteiger partial charge in [0.25, 0.3) is 0 Å². The number of hydrogen-bond acceptors (Lipinski definition) is 6. The number of carboxylic acids is 1. The largest absolute Gasteiger partial charge is 0.481 e. The molecule has 0 bridgehead atoms. The number of benzene rings is 1. The molecule has 0 aromatic heterocycles. The molecule has 2 unspecified atom stereocenters. The maximum absolute atomic E-state index is 13.3. The zero-order valence-corrected chi connectivity index (χ0v) is 16.4. The molecule has 2 saturated heterocycles. The van der Waals surface area contributed by atoms with Gasteiger partial charge in [-0.1, -0.05) is 23.7 Å². The molecule has 2 fully saturated rings. The predicted molar refractivity (Wildman–Crippen MR) is 101 cm³/mol. The lowest BCUT2D eigenvalue weighted by molar-refractivity contribution is -0.144. The number of carbonyl (C=O) groups excluding carboxylic acids is 3. The maximum atomic E-state index is 13.3. The number of nitrogens with one attached hydrogen (secondary N) is 2. The van der Waals surface area contributed by atoms with Crippen molar-refractivity contribution in [2.45, 2.75) is 24.4 Å². The van der Waals surface area contributed by atoms with Crippen molar-refractivity contribution in [1.29, 1.82) is 0 Å². The minimum absolute atomic E-state index is 0.0763. The molecule has 4 atom stereocenters. The van der Waals surface area contributed by atoms with Gasteiger partial charge in [0, 0.05) is 25.1 Å². The number of imide groups is 1. The summed E-state index contributed by atoms with van der Waals surface area (Å²) in [7, 11) is 1.47. The highest BCUT2D eigenvalue weighted by Gasteiger charge is 2.70. The third-order valence-corrected chi connectivity index (χ3v) is 6.29. The SMILES string of the molecule is COCCN1C(=O)[C@@H]2C(CCC(=O)O)NC3(C(=O)Nc4c(Cl)cccc43)[C@@H]2C1=O. The van der Waals surface area contributed by atoms with Crippen LogP contribution in [0.15, 0.2) is 18.2 Å². The quantitative estimate of drug-likeness (QED) is 0.573. The van der Waals surface area contributed by atoms with Gasteiger partial charge in [-0.25, -0.2) is 0 Å². The molecule has 3 amide bonds. The summed E-state index contributed by atoms with van der Waals surface area (Å²) in [6.07, 6.45) is -0.0842. The first-order chi connectivity index (χ1) is 13.8. The third-order valence-electron chi connectivity index (χ3n) is 5.98. The van der Waals surface area contributed by atoms with Gasteiger partial charge in [-0.2, -0.15) is 0 Å². The number of carbonyl (C=O) groups is 4. The van der Waals surface area contributed by atoms with Crippen molar-refractivity contribution in [3.63, 3.8) is 0 Å². The van der Waals surface area contributed by atoms with Gasteiger partial charge in [0.1, 0.15) is 5.54 Å². The van der Waals surface area contributed by atoms with Crippen molar-refractivity contribution < 1.29 is 29.0 Å². The number of amides is 3. The van der Waals surface area contributed by atoms with Crippen LogP contribution in [-0.2, 0) is 29.5 Å². The van der Waals surface area contributed by atoms with E-state index in [4.69, 9.17) is 21.4 Å². The Morgan fingerprint density at radius 3 is 2.76 bits per heavy atom. The van der Waals surface area contributed by atoms with Crippen LogP contribution in [0.3, 0.4) is 0 Å². The second-order valence-corrected chi connectivity index (χ2v) is 7.84. The summed E-state index contributed by atoms with van der Waals surface area (Å²) in [6.45, 7) is 0.249. The van der Waals surface area contributed by atoms with Gasteiger partial charge in [0.05, 0.1) is 35.7 Å². The highest BCUT2D eigenvalue weighted by Crippen LogP contribution is 2.54. The molecule has 9 nitrogen and oxygen atoms in total. The molecular weight excluding hydrogens is 402 g/mol. The first kappa shape index (κ1) is 19.8. The first-order valence-corrected chi connectivity index (χ1v) is 9.64. The fourth-order valence-corrected chi connectivity index (χ4v) is 5.01. The van der Waals surface area contributed by atoms with Crippen LogP contribution in [0.1, 0.15) is 18.4 Å². The van der Waals surface area contributed by atoms with E-state index < -0.39 is 47.1 Å². The first-order valence-electron chi connectivity index (χ1n) is 9.27. The lowest BCUT2D eigenvalue weighted by Crippen LogP contribution is -2.53. The van der Waals surface area contributed by atoms with E-state index in [0.717, 1.165) is 4.90 Å². The van der Waals surface area contributed by atoms with Crippen LogP contribution in [0.25, 0.3) is 0 Å². The van der Waals surface area contributed by atoms with E-state index >= 15 is 0 Å². The van der Waals surface area contributed by atoms with E-state index in [0.29, 0.717) is 16.3 Å². The molecule has 3 N–H and O–H groups in total. The molecule has 3 aliphatic rings. The Morgan fingerprint density at radius 2 is 2.07 bits per heavy atom. The van der Waals surface area contributed by atoms with E-state index in [-0.39, 0.29) is 26.0 Å². The lowest BCUT2D eigenvalue weighted by Gasteiger charge is -2.29. The third kappa shape index (κ3) is 2.76. The lowest BCUT2D eigenvalue weighted by atomic mass is 9.76. The Labute approximate surface area is 171 Å². The zero-order chi connectivity index (χ0) is 20.9. The number of nitrogens with zero attached hydrogens (tertiary/aromatic N) is 1. The van der Waals surface area contributed by atoms with E-state index in [1.807, 2.05) is 0 Å². The van der Waals surface area contributed by atoms with Gasteiger partial charge in [-0.05, 0) is 12.5 Å². The Morgan fingerprint density at radius 1 is 1.31 bits per heavy atom. The molecule has 0 aliphatic carbocycles. The van der Waals surface area contributed by atoms with Crippen LogP contribution >= 0.6 is 11.6 Å². The van der Waals surface area contributed by atoms with Crippen LogP contribution in [0, 0.1) is 11.8 Å². The number of methoxy groups -OCH3 is 1. The summed E-state index contributed by atoms with van der Waals surface area (Å²) in [5.41, 5.74) is -0.569. The molecule has 1 aromatic rings. The number of halogens is 1. The number of carboxylic acid groups (broad SMARTS) is 1. The second kappa shape index (κ2) is 7.08. The van der Waals surface area contributed by atoms with Gasteiger partial charge >= 0.3 is 5.97 Å². The minimum atomic E-state index is -1.47. The van der Waals surface area contributed by atoms with Crippen LogP contribution in [0.5, 0.6) is 0 Å². The fraction of sp³-hybridized carbons (Fsp3) is 0.474. The summed E-state index contributed by atoms with van der Waals surface area (Å²) in [4.78, 5) is 51.7. The summed E-state index contributed by atoms with van der Waals surface area (Å²) in [6, 6.07) is 4.35. The number of likely N-dealkylation sites (tertiary alicyclic amines) is 1. The van der Waals surface area contributed by atoms with Crippen LogP contribution in [0.2, 0.25) is 5.02 Å². The van der Waals surface area contributed by atoms with E-state index in [2.05, 4.69) is 10.6 Å². The van der Waals surface area contributed by atoms with E-state index in [1.54, 1.807) is 18.2 Å². The van der Waals surface area contributed by atoms with E-state index in [9.17, 15) is 19.2 Å². The molecule has 1 aromatic carbocycles. The highest BCUT2D eigenvalue weighted by molar-refractivity contribution is 6.35. The number of hydrogen-bond donors (Lipinski definition) is 3. The van der Waals surface area contributed by atoms with E-state index in [1.165, 1.54) is 7.11 Å². The van der Waals surface area contributed by atoms with Gasteiger partial charge in [-0.3, -0.25) is 29.4 Å². The highest BCUT2D eigenvalue weighted by atomic mass is 35.5. The molecule has 3 heterocycles. The second-order valence-electron chi connectivity index (χ2n) is 7.43. The number of aliphatic carboxylic acids is 1. The summed E-state index contributed by atoms with van der Waals surface area (Å²) >= 11 is 6.24. The normalized spacial score (nSPS) is 30.1. The molecule has 0 saturated carbocycles. The molecular formula is C19H20ClN3O6. The molecule has 4 rings (SSSR count). The van der Waals surface area contributed by atoms with Crippen molar-refractivity contribution >= 4 is 41.0 Å². The summed E-state index contributed by atoms with van der Waals surface area (Å²) in [5, 5.41) is 15.3. The topological polar surface area (TPSA) is 125 Å². The van der Waals surface area contributed by atoms with Crippen LogP contribution in [0.4, 0.5) is 5.69 Å². The number of para-hydroxylation sites is 1. The van der Waals surface area contributed by atoms with Crippen molar-refractivity contribution in [3.05, 3.63) is 28.8 Å². The smallest absolute Gasteiger partial charge is 0.303 e. The molecule has 0 radical (unpaired) electrons. The molecule has 3 aliphatic heterocycles. The summed E-state index contributed by atoms with van der Waals surface area (Å²) in [5.74, 6) is -4.19. The van der Waals surface area contributed by atoms with Gasteiger partial charge in [-0.15, -0.1) is 0 Å². The molecule has 10 heteroatoms. The Bertz CT molecular complexity index is 921. The van der Waals surface area contributed by atoms with Crippen LogP contribution < -0.4 is 10.6 Å². The molecule has 154 valence electrons. The summed E-state index contributed by atoms with van der Waals surface area (Å²) < 4.78 is 5.00. The van der Waals surface area contributed by atoms with Gasteiger partial charge in [0.2, 0.25) is 17.7 Å². The van der Waals surface area contributed by atoms with Gasteiger partial charge < -0.3 is 15.2 Å². The van der Waals surface area contributed by atoms with Crippen molar-refractivity contribution in [1.82, 2.24) is 10.2 Å².